The highest BCUT2D eigenvalue weighted by Crippen LogP contribution is 2.02. The monoisotopic (exact) mass is 191 g/mol. The Bertz CT molecular complexity index is 356. The molecule has 1 aromatic rings. The number of primary sulfonamides is 1. The lowest BCUT2D eigenvalue weighted by molar-refractivity contribution is 0.269. The van der Waals surface area contributed by atoms with E-state index in [0.29, 0.717) is 0 Å². The van der Waals surface area contributed by atoms with Crippen LogP contribution in [-0.4, -0.2) is 29.9 Å². The molecule has 0 saturated heterocycles. The van der Waals surface area contributed by atoms with Gasteiger partial charge in [0, 0.05) is 6.20 Å². The first-order valence-corrected chi connectivity index (χ1v) is 4.75. The second kappa shape index (κ2) is 3.21. The molecular formula is C5H9N3O3S. The molecule has 3 N–H and O–H groups in total. The summed E-state index contributed by atoms with van der Waals surface area (Å²) in [6.07, 6.45) is 2.41. The van der Waals surface area contributed by atoms with Gasteiger partial charge in [0.1, 0.15) is 4.90 Å². The predicted molar refractivity (Wildman–Crippen MR) is 40.7 cm³/mol. The quantitative estimate of drug-likeness (QED) is 0.609. The normalized spacial score (nSPS) is 11.8. The third kappa shape index (κ3) is 2.03. The van der Waals surface area contributed by atoms with Gasteiger partial charge in [-0.05, 0) is 0 Å². The number of nitrogens with two attached hydrogens (primary N) is 1. The van der Waals surface area contributed by atoms with E-state index in [4.69, 9.17) is 10.2 Å². The smallest absolute Gasteiger partial charge is 0.241 e. The first-order chi connectivity index (χ1) is 5.54. The van der Waals surface area contributed by atoms with Crippen LogP contribution in [0.15, 0.2) is 17.3 Å². The summed E-state index contributed by atoms with van der Waals surface area (Å²) in [4.78, 5) is -0.0454. The average Bonchev–Trinajstić information content (AvgIpc) is 2.35. The Morgan fingerprint density at radius 3 is 2.75 bits per heavy atom. The van der Waals surface area contributed by atoms with E-state index in [2.05, 4.69) is 5.10 Å². The molecule has 0 saturated carbocycles. The van der Waals surface area contributed by atoms with E-state index in [0.717, 1.165) is 6.20 Å². The Balaban J connectivity index is 2.92. The van der Waals surface area contributed by atoms with Gasteiger partial charge in [0.05, 0.1) is 19.3 Å². The van der Waals surface area contributed by atoms with Crippen LogP contribution >= 0.6 is 0 Å². The molecule has 68 valence electrons. The van der Waals surface area contributed by atoms with Gasteiger partial charge in [-0.15, -0.1) is 0 Å². The number of sulfonamides is 1. The SMILES string of the molecule is NS(=O)(=O)c1cnn(CCO)c1. The van der Waals surface area contributed by atoms with Gasteiger partial charge in [0.25, 0.3) is 0 Å². The van der Waals surface area contributed by atoms with E-state index in [1.165, 1.54) is 10.9 Å². The van der Waals surface area contributed by atoms with Crippen molar-refractivity contribution in [2.24, 2.45) is 5.14 Å². The van der Waals surface area contributed by atoms with Crippen molar-refractivity contribution in [3.63, 3.8) is 0 Å². The van der Waals surface area contributed by atoms with Crippen LogP contribution in [0.4, 0.5) is 0 Å². The van der Waals surface area contributed by atoms with E-state index in [-0.39, 0.29) is 18.0 Å². The third-order valence-corrected chi connectivity index (χ3v) is 2.14. The lowest BCUT2D eigenvalue weighted by Gasteiger charge is -1.93. The van der Waals surface area contributed by atoms with Crippen LogP contribution in [0.25, 0.3) is 0 Å². The Kier molecular flexibility index (Phi) is 2.46. The summed E-state index contributed by atoms with van der Waals surface area (Å²) in [5, 5.41) is 17.0. The molecule has 0 unspecified atom stereocenters. The maximum Gasteiger partial charge on any atom is 0.241 e. The number of aromatic nitrogens is 2. The molecule has 0 bridgehead atoms. The van der Waals surface area contributed by atoms with Crippen LogP contribution in [0.1, 0.15) is 0 Å². The predicted octanol–water partition coefficient (Wildman–Crippen LogP) is -1.48. The molecule has 0 fully saturated rings. The minimum absolute atomic E-state index is 0.0454. The molecule has 0 spiro atoms. The molecule has 1 rings (SSSR count). The van der Waals surface area contributed by atoms with Crippen molar-refractivity contribution < 1.29 is 13.5 Å². The van der Waals surface area contributed by atoms with Gasteiger partial charge < -0.3 is 5.11 Å². The van der Waals surface area contributed by atoms with Crippen molar-refractivity contribution in [3.05, 3.63) is 12.4 Å². The Morgan fingerprint density at radius 2 is 2.33 bits per heavy atom. The number of nitrogens with zero attached hydrogens (tertiary/aromatic N) is 2. The second-order valence-electron chi connectivity index (χ2n) is 2.21. The number of aliphatic hydroxyl groups excluding tert-OH is 1. The molecule has 12 heavy (non-hydrogen) atoms. The van der Waals surface area contributed by atoms with Crippen molar-refractivity contribution >= 4 is 10.0 Å². The van der Waals surface area contributed by atoms with Gasteiger partial charge >= 0.3 is 0 Å². The minimum Gasteiger partial charge on any atom is -0.394 e. The van der Waals surface area contributed by atoms with Crippen molar-refractivity contribution in [1.29, 1.82) is 0 Å². The number of hydrogen-bond acceptors (Lipinski definition) is 4. The highest BCUT2D eigenvalue weighted by atomic mass is 32.2. The molecule has 0 aliphatic rings. The summed E-state index contributed by atoms with van der Waals surface area (Å²) in [5.41, 5.74) is 0. The molecule has 0 aromatic carbocycles. The highest BCUT2D eigenvalue weighted by Gasteiger charge is 2.09. The van der Waals surface area contributed by atoms with Crippen molar-refractivity contribution in [2.75, 3.05) is 6.61 Å². The number of aliphatic hydroxyl groups is 1. The van der Waals surface area contributed by atoms with Gasteiger partial charge in [-0.1, -0.05) is 0 Å². The average molecular weight is 191 g/mol. The molecule has 1 heterocycles. The maximum atomic E-state index is 10.7. The van der Waals surface area contributed by atoms with Crippen LogP contribution in [0.2, 0.25) is 0 Å². The van der Waals surface area contributed by atoms with E-state index < -0.39 is 10.0 Å². The van der Waals surface area contributed by atoms with Crippen molar-refractivity contribution in [3.8, 4) is 0 Å². The third-order valence-electron chi connectivity index (χ3n) is 1.27. The van der Waals surface area contributed by atoms with Crippen molar-refractivity contribution in [1.82, 2.24) is 9.78 Å². The molecule has 7 heteroatoms. The van der Waals surface area contributed by atoms with E-state index >= 15 is 0 Å². The Labute approximate surface area is 69.7 Å². The summed E-state index contributed by atoms with van der Waals surface area (Å²) in [5.74, 6) is 0. The zero-order valence-corrected chi connectivity index (χ0v) is 7.03. The van der Waals surface area contributed by atoms with Gasteiger partial charge in [-0.3, -0.25) is 4.68 Å². The molecule has 0 atom stereocenters. The fraction of sp³-hybridized carbons (Fsp3) is 0.400. The van der Waals surface area contributed by atoms with Gasteiger partial charge in [0.2, 0.25) is 10.0 Å². The summed E-state index contributed by atoms with van der Waals surface area (Å²) in [6.45, 7) is 0.168. The zero-order chi connectivity index (χ0) is 9.19. The second-order valence-corrected chi connectivity index (χ2v) is 3.77. The highest BCUT2D eigenvalue weighted by molar-refractivity contribution is 7.89. The molecule has 0 aliphatic carbocycles. The Morgan fingerprint density at radius 1 is 1.67 bits per heavy atom. The lowest BCUT2D eigenvalue weighted by atomic mass is 10.7. The standard InChI is InChI=1S/C5H9N3O3S/c6-12(10,11)5-3-7-8(4-5)1-2-9/h3-4,9H,1-2H2,(H2,6,10,11). The van der Waals surface area contributed by atoms with Gasteiger partial charge in [-0.2, -0.15) is 5.10 Å². The minimum atomic E-state index is -3.67. The Hall–Kier alpha value is -0.920. The van der Waals surface area contributed by atoms with Gasteiger partial charge in [0.15, 0.2) is 0 Å². The number of hydrogen-bond donors (Lipinski definition) is 2. The topological polar surface area (TPSA) is 98.2 Å². The fourth-order valence-electron chi connectivity index (χ4n) is 0.716. The summed E-state index contributed by atoms with van der Waals surface area (Å²) in [7, 11) is -3.67. The van der Waals surface area contributed by atoms with E-state index in [1.807, 2.05) is 0 Å². The van der Waals surface area contributed by atoms with Crippen LogP contribution in [0, 0.1) is 0 Å². The number of rotatable bonds is 3. The first kappa shape index (κ1) is 9.17. The molecule has 0 amide bonds. The van der Waals surface area contributed by atoms with Crippen molar-refractivity contribution in [2.45, 2.75) is 11.4 Å². The van der Waals surface area contributed by atoms with E-state index in [9.17, 15) is 8.42 Å². The summed E-state index contributed by atoms with van der Waals surface area (Å²) in [6, 6.07) is 0. The van der Waals surface area contributed by atoms with Crippen LogP contribution in [-0.2, 0) is 16.6 Å². The van der Waals surface area contributed by atoms with Crippen LogP contribution < -0.4 is 5.14 Å². The van der Waals surface area contributed by atoms with Crippen LogP contribution in [0.5, 0.6) is 0 Å². The molecular weight excluding hydrogens is 182 g/mol. The summed E-state index contributed by atoms with van der Waals surface area (Å²) < 4.78 is 22.7. The molecule has 6 nitrogen and oxygen atoms in total. The summed E-state index contributed by atoms with van der Waals surface area (Å²) >= 11 is 0. The molecule has 0 aliphatic heterocycles. The maximum absolute atomic E-state index is 10.7. The largest absolute Gasteiger partial charge is 0.394 e. The zero-order valence-electron chi connectivity index (χ0n) is 6.21. The molecule has 0 radical (unpaired) electrons. The molecule has 1 aromatic heterocycles. The van der Waals surface area contributed by atoms with Gasteiger partial charge in [-0.25, -0.2) is 13.6 Å². The van der Waals surface area contributed by atoms with Crippen LogP contribution in [0.3, 0.4) is 0 Å². The fourth-order valence-corrected chi connectivity index (χ4v) is 1.18. The first-order valence-electron chi connectivity index (χ1n) is 3.20. The van der Waals surface area contributed by atoms with E-state index in [1.54, 1.807) is 0 Å². The lowest BCUT2D eigenvalue weighted by Crippen LogP contribution is -2.11.